The van der Waals surface area contributed by atoms with Crippen molar-refractivity contribution in [3.8, 4) is 11.1 Å². The number of nitrogens with zero attached hydrogens (tertiary/aromatic N) is 1. The van der Waals surface area contributed by atoms with Gasteiger partial charge in [0.25, 0.3) is 0 Å². The normalized spacial score (nSPS) is 13.1. The van der Waals surface area contributed by atoms with E-state index >= 15 is 0 Å². The van der Waals surface area contributed by atoms with Crippen LogP contribution in [-0.4, -0.2) is 21.9 Å². The van der Waals surface area contributed by atoms with Crippen LogP contribution in [0.2, 0.25) is 0 Å². The van der Waals surface area contributed by atoms with E-state index in [2.05, 4.69) is 15.3 Å². The molecule has 3 rings (SSSR count). The largest absolute Gasteiger partial charge is 0.417 e. The maximum atomic E-state index is 13.7. The van der Waals surface area contributed by atoms with Crippen molar-refractivity contribution in [3.63, 3.8) is 0 Å². The monoisotopic (exact) mass is 390 g/mol. The van der Waals surface area contributed by atoms with Gasteiger partial charge in [-0.1, -0.05) is 19.9 Å². The first-order valence-electron chi connectivity index (χ1n) is 8.87. The zero-order valence-electron chi connectivity index (χ0n) is 15.5. The molecule has 0 saturated carbocycles. The molecule has 28 heavy (non-hydrogen) atoms. The van der Waals surface area contributed by atoms with Crippen LogP contribution < -0.4 is 11.1 Å². The van der Waals surface area contributed by atoms with Gasteiger partial charge in [-0.3, -0.25) is 4.79 Å². The third-order valence-electron chi connectivity index (χ3n) is 4.40. The summed E-state index contributed by atoms with van der Waals surface area (Å²) in [6.45, 7) is 3.83. The van der Waals surface area contributed by atoms with Crippen molar-refractivity contribution in [2.45, 2.75) is 32.5 Å². The molecule has 4 N–H and O–H groups in total. The molecule has 0 bridgehead atoms. The Labute approximate surface area is 160 Å². The summed E-state index contributed by atoms with van der Waals surface area (Å²) in [7, 11) is 0. The van der Waals surface area contributed by atoms with E-state index in [1.807, 2.05) is 13.8 Å². The number of nitrogens with two attached hydrogens (primary N) is 1. The first kappa shape index (κ1) is 19.9. The number of carbonyl (C=O) groups excluding carboxylic acids is 1. The molecule has 1 atom stereocenters. The van der Waals surface area contributed by atoms with Gasteiger partial charge in [0.1, 0.15) is 5.65 Å². The number of H-pyrrole nitrogens is 1. The number of aromatic amines is 1. The minimum atomic E-state index is -4.60. The number of anilines is 1. The van der Waals surface area contributed by atoms with E-state index in [9.17, 15) is 18.0 Å². The molecular weight excluding hydrogens is 369 g/mol. The number of hydrogen-bond acceptors (Lipinski definition) is 3. The first-order valence-corrected chi connectivity index (χ1v) is 8.87. The number of amides is 1. The van der Waals surface area contributed by atoms with Crippen LogP contribution >= 0.6 is 0 Å². The summed E-state index contributed by atoms with van der Waals surface area (Å²) in [5.74, 6) is -0.309. The second-order valence-corrected chi connectivity index (χ2v) is 7.08. The van der Waals surface area contributed by atoms with Crippen molar-refractivity contribution in [1.82, 2.24) is 9.97 Å². The highest BCUT2D eigenvalue weighted by Crippen LogP contribution is 2.40. The van der Waals surface area contributed by atoms with Crippen molar-refractivity contribution < 1.29 is 18.0 Å². The Hall–Kier alpha value is -2.87. The quantitative estimate of drug-likeness (QED) is 0.597. The van der Waals surface area contributed by atoms with Gasteiger partial charge in [0.15, 0.2) is 0 Å². The molecule has 3 aromatic rings. The molecular formula is C20H21F3N4O. The van der Waals surface area contributed by atoms with Crippen LogP contribution in [0.3, 0.4) is 0 Å². The molecule has 0 aliphatic rings. The zero-order valence-corrected chi connectivity index (χ0v) is 15.5. The number of benzene rings is 1. The maximum Gasteiger partial charge on any atom is 0.417 e. The molecule has 0 radical (unpaired) electrons. The van der Waals surface area contributed by atoms with Crippen molar-refractivity contribution in [2.24, 2.45) is 11.7 Å². The zero-order chi connectivity index (χ0) is 20.5. The minimum Gasteiger partial charge on any atom is -0.346 e. The molecule has 0 spiro atoms. The summed E-state index contributed by atoms with van der Waals surface area (Å²) < 4.78 is 41.2. The number of halogens is 3. The van der Waals surface area contributed by atoms with Crippen LogP contribution in [0.25, 0.3) is 22.2 Å². The average Bonchev–Trinajstić information content (AvgIpc) is 3.09. The van der Waals surface area contributed by atoms with E-state index < -0.39 is 23.7 Å². The molecule has 0 fully saturated rings. The van der Waals surface area contributed by atoms with Crippen molar-refractivity contribution in [2.75, 3.05) is 5.32 Å². The number of carbonyl (C=O) groups is 1. The molecule has 1 amide bonds. The standard InChI is InChI=1S/C20H21F3N4O/c1-11(2)9-17(24)19(28)27-12-3-4-14(16(10-12)20(21,22)23)13-5-7-25-18-15(13)6-8-26-18/h3-8,10-11,17H,9,24H2,1-2H3,(H,25,26)(H,27,28)/t17-/m1/s1. The number of aromatic nitrogens is 2. The number of nitrogens with one attached hydrogen (secondary N) is 2. The molecule has 0 unspecified atom stereocenters. The van der Waals surface area contributed by atoms with E-state index in [-0.39, 0.29) is 17.2 Å². The van der Waals surface area contributed by atoms with Crippen LogP contribution in [0.1, 0.15) is 25.8 Å². The van der Waals surface area contributed by atoms with Crippen LogP contribution in [0.4, 0.5) is 18.9 Å². The minimum absolute atomic E-state index is 0.0176. The fraction of sp³-hybridized carbons (Fsp3) is 0.300. The van der Waals surface area contributed by atoms with Gasteiger partial charge < -0.3 is 16.0 Å². The Kier molecular flexibility index (Phi) is 5.42. The highest BCUT2D eigenvalue weighted by molar-refractivity contribution is 5.97. The molecule has 148 valence electrons. The lowest BCUT2D eigenvalue weighted by Crippen LogP contribution is -2.36. The number of alkyl halides is 3. The molecule has 2 heterocycles. The van der Waals surface area contributed by atoms with Gasteiger partial charge in [-0.2, -0.15) is 13.2 Å². The third-order valence-corrected chi connectivity index (χ3v) is 4.40. The molecule has 0 aliphatic carbocycles. The number of hydrogen-bond donors (Lipinski definition) is 3. The van der Waals surface area contributed by atoms with E-state index in [1.54, 1.807) is 12.3 Å². The summed E-state index contributed by atoms with van der Waals surface area (Å²) in [6.07, 6.45) is -1.07. The average molecular weight is 390 g/mol. The Bertz CT molecular complexity index is 995. The Morgan fingerprint density at radius 3 is 2.64 bits per heavy atom. The topological polar surface area (TPSA) is 83.8 Å². The Morgan fingerprint density at radius 1 is 1.21 bits per heavy atom. The second kappa shape index (κ2) is 7.63. The van der Waals surface area contributed by atoms with Gasteiger partial charge >= 0.3 is 6.18 Å². The number of rotatable bonds is 5. The second-order valence-electron chi connectivity index (χ2n) is 7.08. The SMILES string of the molecule is CC(C)C[C@@H](N)C(=O)Nc1ccc(-c2ccnc3[nH]ccc23)c(C(F)(F)F)c1. The van der Waals surface area contributed by atoms with E-state index in [0.717, 1.165) is 6.07 Å². The first-order chi connectivity index (χ1) is 13.2. The highest BCUT2D eigenvalue weighted by atomic mass is 19.4. The van der Waals surface area contributed by atoms with Gasteiger partial charge in [-0.25, -0.2) is 4.98 Å². The van der Waals surface area contributed by atoms with E-state index in [4.69, 9.17) is 5.73 Å². The summed E-state index contributed by atoms with van der Waals surface area (Å²) in [6, 6.07) is 6.18. The summed E-state index contributed by atoms with van der Waals surface area (Å²) in [5, 5.41) is 3.07. The van der Waals surface area contributed by atoms with Gasteiger partial charge in [0, 0.05) is 23.5 Å². The van der Waals surface area contributed by atoms with Crippen LogP contribution in [0, 0.1) is 5.92 Å². The molecule has 0 saturated heterocycles. The molecule has 0 aliphatic heterocycles. The lowest BCUT2D eigenvalue weighted by atomic mass is 9.97. The summed E-state index contributed by atoms with van der Waals surface area (Å²) >= 11 is 0. The van der Waals surface area contributed by atoms with Gasteiger partial charge in [-0.15, -0.1) is 0 Å². The molecule has 2 aromatic heterocycles. The maximum absolute atomic E-state index is 13.7. The van der Waals surface area contributed by atoms with Crippen molar-refractivity contribution in [3.05, 3.63) is 48.3 Å². The van der Waals surface area contributed by atoms with E-state index in [1.165, 1.54) is 24.4 Å². The highest BCUT2D eigenvalue weighted by Gasteiger charge is 2.34. The van der Waals surface area contributed by atoms with Crippen molar-refractivity contribution in [1.29, 1.82) is 0 Å². The Balaban J connectivity index is 2.00. The fourth-order valence-electron chi connectivity index (χ4n) is 3.14. The van der Waals surface area contributed by atoms with Crippen LogP contribution in [0.15, 0.2) is 42.7 Å². The lowest BCUT2D eigenvalue weighted by molar-refractivity contribution is -0.137. The van der Waals surface area contributed by atoms with Crippen LogP contribution in [0.5, 0.6) is 0 Å². The molecule has 5 nitrogen and oxygen atoms in total. The summed E-state index contributed by atoms with van der Waals surface area (Å²) in [5.41, 5.74) is 5.97. The van der Waals surface area contributed by atoms with E-state index in [0.29, 0.717) is 23.0 Å². The predicted molar refractivity (Wildman–Crippen MR) is 103 cm³/mol. The smallest absolute Gasteiger partial charge is 0.346 e. The van der Waals surface area contributed by atoms with Gasteiger partial charge in [0.05, 0.1) is 11.6 Å². The number of fused-ring (bicyclic) bond motifs is 1. The summed E-state index contributed by atoms with van der Waals surface area (Å²) in [4.78, 5) is 19.2. The fourth-order valence-corrected chi connectivity index (χ4v) is 3.14. The Morgan fingerprint density at radius 2 is 1.96 bits per heavy atom. The predicted octanol–water partition coefficient (Wildman–Crippen LogP) is 4.56. The lowest BCUT2D eigenvalue weighted by Gasteiger charge is -2.18. The van der Waals surface area contributed by atoms with Gasteiger partial charge in [0.2, 0.25) is 5.91 Å². The van der Waals surface area contributed by atoms with Crippen molar-refractivity contribution >= 4 is 22.6 Å². The molecule has 8 heteroatoms. The van der Waals surface area contributed by atoms with Gasteiger partial charge in [-0.05, 0) is 47.7 Å². The van der Waals surface area contributed by atoms with Crippen LogP contribution in [-0.2, 0) is 11.0 Å². The molecule has 1 aromatic carbocycles. The third kappa shape index (κ3) is 4.17. The number of pyridine rings is 1.